The van der Waals surface area contributed by atoms with Crippen molar-refractivity contribution in [3.63, 3.8) is 0 Å². The Kier molecular flexibility index (Phi) is 7.98. The summed E-state index contributed by atoms with van der Waals surface area (Å²) in [5, 5.41) is 12.0. The van der Waals surface area contributed by atoms with Gasteiger partial charge in [-0.1, -0.05) is 33.8 Å². The van der Waals surface area contributed by atoms with Crippen LogP contribution >= 0.6 is 0 Å². The lowest BCUT2D eigenvalue weighted by Gasteiger charge is -2.31. The number of carboxylic acids is 1. The SMILES string of the molecule is CCN(CC)S(=O)(=O)c1cc(C(=O)NC(CC)(CC)CC(=O)O)ccc1C. The van der Waals surface area contributed by atoms with Crippen LogP contribution in [-0.2, 0) is 14.8 Å². The summed E-state index contributed by atoms with van der Waals surface area (Å²) >= 11 is 0. The highest BCUT2D eigenvalue weighted by molar-refractivity contribution is 7.89. The predicted molar refractivity (Wildman–Crippen MR) is 104 cm³/mol. The number of sulfonamides is 1. The van der Waals surface area contributed by atoms with Gasteiger partial charge in [0.1, 0.15) is 0 Å². The summed E-state index contributed by atoms with van der Waals surface area (Å²) in [4.78, 5) is 24.0. The molecule has 1 amide bonds. The maximum Gasteiger partial charge on any atom is 0.305 e. The summed E-state index contributed by atoms with van der Waals surface area (Å²) in [5.41, 5.74) is -0.115. The maximum atomic E-state index is 12.8. The van der Waals surface area contributed by atoms with Crippen molar-refractivity contribution in [3.05, 3.63) is 29.3 Å². The second-order valence-electron chi connectivity index (χ2n) is 6.58. The van der Waals surface area contributed by atoms with E-state index in [0.29, 0.717) is 31.5 Å². The van der Waals surface area contributed by atoms with Crippen molar-refractivity contribution in [2.45, 2.75) is 64.3 Å². The molecular formula is C19H30N2O5S. The average molecular weight is 399 g/mol. The second-order valence-corrected chi connectivity index (χ2v) is 8.49. The Morgan fingerprint density at radius 2 is 1.67 bits per heavy atom. The van der Waals surface area contributed by atoms with Crippen LogP contribution in [0.4, 0.5) is 0 Å². The van der Waals surface area contributed by atoms with Gasteiger partial charge in [0.05, 0.1) is 16.9 Å². The Bertz CT molecular complexity index is 781. The van der Waals surface area contributed by atoms with Gasteiger partial charge in [0.25, 0.3) is 5.91 Å². The molecule has 0 bridgehead atoms. The number of hydrogen-bond donors (Lipinski definition) is 2. The first kappa shape index (κ1) is 23.1. The normalized spacial score (nSPS) is 12.2. The summed E-state index contributed by atoms with van der Waals surface area (Å²) in [5.74, 6) is -1.47. The lowest BCUT2D eigenvalue weighted by atomic mass is 9.88. The maximum absolute atomic E-state index is 12.8. The van der Waals surface area contributed by atoms with Gasteiger partial charge in [-0.2, -0.15) is 4.31 Å². The Labute approximate surface area is 161 Å². The van der Waals surface area contributed by atoms with Crippen LogP contribution in [0, 0.1) is 6.92 Å². The fourth-order valence-electron chi connectivity index (χ4n) is 3.05. The molecule has 27 heavy (non-hydrogen) atoms. The van der Waals surface area contributed by atoms with Gasteiger partial charge in [-0.05, 0) is 37.5 Å². The fourth-order valence-corrected chi connectivity index (χ4v) is 4.75. The molecule has 0 saturated heterocycles. The Balaban J connectivity index is 3.29. The number of nitrogens with one attached hydrogen (secondary N) is 1. The van der Waals surface area contributed by atoms with Crippen molar-refractivity contribution in [1.82, 2.24) is 9.62 Å². The second kappa shape index (κ2) is 9.32. The molecule has 2 N–H and O–H groups in total. The smallest absolute Gasteiger partial charge is 0.305 e. The van der Waals surface area contributed by atoms with Gasteiger partial charge >= 0.3 is 5.97 Å². The molecule has 1 aromatic rings. The van der Waals surface area contributed by atoms with Crippen LogP contribution in [0.3, 0.4) is 0 Å². The molecule has 1 aromatic carbocycles. The molecule has 0 aliphatic carbocycles. The van der Waals surface area contributed by atoms with Gasteiger partial charge < -0.3 is 10.4 Å². The standard InChI is InChI=1S/C19H30N2O5S/c1-6-19(7-2,13-17(22)23)20-18(24)15-11-10-14(5)16(12-15)27(25,26)21(8-3)9-4/h10-12H,6-9,13H2,1-5H3,(H,20,24)(H,22,23). The van der Waals surface area contributed by atoms with Crippen LogP contribution in [0.1, 0.15) is 62.9 Å². The van der Waals surface area contributed by atoms with E-state index < -0.39 is 27.4 Å². The van der Waals surface area contributed by atoms with E-state index in [0.717, 1.165) is 0 Å². The largest absolute Gasteiger partial charge is 0.481 e. The molecular weight excluding hydrogens is 368 g/mol. The van der Waals surface area contributed by atoms with Gasteiger partial charge in [-0.15, -0.1) is 0 Å². The van der Waals surface area contributed by atoms with Crippen LogP contribution in [0.25, 0.3) is 0 Å². The number of aryl methyl sites for hydroxylation is 1. The first-order chi connectivity index (χ1) is 12.6. The van der Waals surface area contributed by atoms with Crippen molar-refractivity contribution in [3.8, 4) is 0 Å². The summed E-state index contributed by atoms with van der Waals surface area (Å²) in [6.45, 7) is 9.51. The number of carbonyl (C=O) groups is 2. The van der Waals surface area contributed by atoms with Crippen molar-refractivity contribution in [2.75, 3.05) is 13.1 Å². The number of amides is 1. The molecule has 1 rings (SSSR count). The molecule has 0 aromatic heterocycles. The Hall–Kier alpha value is -1.93. The Morgan fingerprint density at radius 3 is 2.11 bits per heavy atom. The highest BCUT2D eigenvalue weighted by atomic mass is 32.2. The van der Waals surface area contributed by atoms with Gasteiger partial charge in [-0.25, -0.2) is 8.42 Å². The van der Waals surface area contributed by atoms with E-state index >= 15 is 0 Å². The molecule has 8 heteroatoms. The highest BCUT2D eigenvalue weighted by Gasteiger charge is 2.32. The minimum Gasteiger partial charge on any atom is -0.481 e. The topological polar surface area (TPSA) is 104 Å². The van der Waals surface area contributed by atoms with Crippen LogP contribution in [0.15, 0.2) is 23.1 Å². The first-order valence-electron chi connectivity index (χ1n) is 9.22. The van der Waals surface area contributed by atoms with Crippen molar-refractivity contribution >= 4 is 21.9 Å². The van der Waals surface area contributed by atoms with Gasteiger partial charge in [-0.3, -0.25) is 9.59 Å². The molecule has 7 nitrogen and oxygen atoms in total. The van der Waals surface area contributed by atoms with Crippen LogP contribution < -0.4 is 5.32 Å². The summed E-state index contributed by atoms with van der Waals surface area (Å²) in [6, 6.07) is 4.53. The molecule has 152 valence electrons. The van der Waals surface area contributed by atoms with Crippen LogP contribution in [-0.4, -0.2) is 48.3 Å². The molecule has 0 atom stereocenters. The third-order valence-electron chi connectivity index (χ3n) is 5.00. The number of hydrogen-bond acceptors (Lipinski definition) is 4. The number of benzene rings is 1. The van der Waals surface area contributed by atoms with Crippen molar-refractivity contribution < 1.29 is 23.1 Å². The van der Waals surface area contributed by atoms with E-state index in [1.165, 1.54) is 10.4 Å². The van der Waals surface area contributed by atoms with Crippen molar-refractivity contribution in [2.24, 2.45) is 0 Å². The van der Waals surface area contributed by atoms with E-state index in [9.17, 15) is 18.0 Å². The minimum absolute atomic E-state index is 0.0932. The van der Waals surface area contributed by atoms with E-state index in [4.69, 9.17) is 5.11 Å². The molecule has 0 saturated carbocycles. The molecule has 0 aliphatic heterocycles. The zero-order chi connectivity index (χ0) is 20.8. The van der Waals surface area contributed by atoms with E-state index in [-0.39, 0.29) is 16.9 Å². The fraction of sp³-hybridized carbons (Fsp3) is 0.579. The molecule has 0 unspecified atom stereocenters. The lowest BCUT2D eigenvalue weighted by molar-refractivity contribution is -0.138. The zero-order valence-electron chi connectivity index (χ0n) is 16.7. The third-order valence-corrected chi connectivity index (χ3v) is 7.19. The van der Waals surface area contributed by atoms with Gasteiger partial charge in [0.15, 0.2) is 0 Å². The number of nitrogens with zero attached hydrogens (tertiary/aromatic N) is 1. The summed E-state index contributed by atoms with van der Waals surface area (Å²) < 4.78 is 27.0. The Morgan fingerprint density at radius 1 is 1.11 bits per heavy atom. The quantitative estimate of drug-likeness (QED) is 0.631. The lowest BCUT2D eigenvalue weighted by Crippen LogP contribution is -2.49. The number of aliphatic carboxylic acids is 1. The minimum atomic E-state index is -3.70. The first-order valence-corrected chi connectivity index (χ1v) is 10.7. The predicted octanol–water partition coefficient (Wildman–Crippen LogP) is 2.79. The molecule has 0 aliphatic rings. The monoisotopic (exact) mass is 398 g/mol. The average Bonchev–Trinajstić information content (AvgIpc) is 2.61. The highest BCUT2D eigenvalue weighted by Crippen LogP contribution is 2.24. The summed E-state index contributed by atoms with van der Waals surface area (Å²) in [7, 11) is -3.70. The van der Waals surface area contributed by atoms with Crippen molar-refractivity contribution in [1.29, 1.82) is 0 Å². The van der Waals surface area contributed by atoms with E-state index in [1.54, 1.807) is 32.9 Å². The van der Waals surface area contributed by atoms with E-state index in [1.807, 2.05) is 13.8 Å². The molecule has 0 heterocycles. The molecule has 0 radical (unpaired) electrons. The number of carboxylic acid groups (broad SMARTS) is 1. The summed E-state index contributed by atoms with van der Waals surface area (Å²) in [6.07, 6.45) is 0.720. The van der Waals surface area contributed by atoms with Crippen LogP contribution in [0.2, 0.25) is 0 Å². The van der Waals surface area contributed by atoms with Gasteiger partial charge in [0, 0.05) is 18.7 Å². The zero-order valence-corrected chi connectivity index (χ0v) is 17.5. The number of carbonyl (C=O) groups excluding carboxylic acids is 1. The molecule has 0 spiro atoms. The van der Waals surface area contributed by atoms with E-state index in [2.05, 4.69) is 5.32 Å². The molecule has 0 fully saturated rings. The van der Waals surface area contributed by atoms with Gasteiger partial charge in [0.2, 0.25) is 10.0 Å². The third kappa shape index (κ3) is 5.29. The van der Waals surface area contributed by atoms with Crippen LogP contribution in [0.5, 0.6) is 0 Å². The number of rotatable bonds is 10.